The van der Waals surface area contributed by atoms with E-state index in [0.717, 1.165) is 0 Å². The van der Waals surface area contributed by atoms with E-state index < -0.39 is 11.4 Å². The van der Waals surface area contributed by atoms with E-state index in [9.17, 15) is 9.59 Å². The summed E-state index contributed by atoms with van der Waals surface area (Å²) in [5, 5.41) is 8.45. The van der Waals surface area contributed by atoms with Crippen molar-refractivity contribution in [3.63, 3.8) is 0 Å². The van der Waals surface area contributed by atoms with Crippen molar-refractivity contribution < 1.29 is 19.4 Å². The Bertz CT molecular complexity index is 199. The predicted molar refractivity (Wildman–Crippen MR) is 35.9 cm³/mol. The first-order valence-electron chi connectivity index (χ1n) is 3.44. The van der Waals surface area contributed by atoms with Crippen molar-refractivity contribution in [2.45, 2.75) is 19.8 Å². The Balaban J connectivity index is 2.65. The van der Waals surface area contributed by atoms with Crippen molar-refractivity contribution in [3.05, 3.63) is 0 Å². The summed E-state index contributed by atoms with van der Waals surface area (Å²) in [4.78, 5) is 21.2. The highest BCUT2D eigenvalue weighted by Crippen LogP contribution is 2.32. The lowest BCUT2D eigenvalue weighted by Gasteiger charge is -2.14. The van der Waals surface area contributed by atoms with Crippen LogP contribution in [0, 0.1) is 5.41 Å². The molecule has 62 valence electrons. The number of hydrogen-bond donors (Lipinski definition) is 1. The molecule has 1 heterocycles. The number of carboxylic acid groups (broad SMARTS) is 1. The van der Waals surface area contributed by atoms with Crippen LogP contribution in [0.5, 0.6) is 0 Å². The van der Waals surface area contributed by atoms with Crippen LogP contribution in [0.4, 0.5) is 0 Å². The lowest BCUT2D eigenvalue weighted by Crippen LogP contribution is -2.25. The van der Waals surface area contributed by atoms with Gasteiger partial charge in [0.05, 0.1) is 18.4 Å². The standard InChI is InChI=1S/C7H10O4/c1-7(4-5(8)9)2-3-11-6(7)10/h2-4H2,1H3,(H,8,9)/t7-/m1/s1. The predicted octanol–water partition coefficient (Wildman–Crippen LogP) is 0.414. The second-order valence-electron chi connectivity index (χ2n) is 3.02. The van der Waals surface area contributed by atoms with Crippen molar-refractivity contribution in [3.8, 4) is 0 Å². The van der Waals surface area contributed by atoms with Crippen molar-refractivity contribution in [1.29, 1.82) is 0 Å². The van der Waals surface area contributed by atoms with Crippen LogP contribution in [-0.2, 0) is 14.3 Å². The smallest absolute Gasteiger partial charge is 0.312 e. The van der Waals surface area contributed by atoms with E-state index in [1.54, 1.807) is 6.92 Å². The summed E-state index contributed by atoms with van der Waals surface area (Å²) in [6, 6.07) is 0. The van der Waals surface area contributed by atoms with Gasteiger partial charge in [0, 0.05) is 0 Å². The summed E-state index contributed by atoms with van der Waals surface area (Å²) >= 11 is 0. The van der Waals surface area contributed by atoms with Crippen LogP contribution in [0.2, 0.25) is 0 Å². The summed E-state index contributed by atoms with van der Waals surface area (Å²) in [5.41, 5.74) is -0.786. The summed E-state index contributed by atoms with van der Waals surface area (Å²) in [5.74, 6) is -1.34. The number of carbonyl (C=O) groups excluding carboxylic acids is 1. The summed E-state index contributed by atoms with van der Waals surface area (Å²) in [7, 11) is 0. The number of esters is 1. The molecular formula is C7H10O4. The lowest BCUT2D eigenvalue weighted by molar-refractivity contribution is -0.151. The highest BCUT2D eigenvalue weighted by molar-refractivity contribution is 5.83. The minimum absolute atomic E-state index is 0.133. The molecule has 0 aromatic rings. The van der Waals surface area contributed by atoms with E-state index in [1.165, 1.54) is 0 Å². The maximum atomic E-state index is 10.9. The van der Waals surface area contributed by atoms with E-state index in [4.69, 9.17) is 5.11 Å². The summed E-state index contributed by atoms with van der Waals surface area (Å²) < 4.78 is 4.67. The highest BCUT2D eigenvalue weighted by atomic mass is 16.5. The van der Waals surface area contributed by atoms with Gasteiger partial charge in [-0.2, -0.15) is 0 Å². The number of rotatable bonds is 2. The van der Waals surface area contributed by atoms with Gasteiger partial charge < -0.3 is 9.84 Å². The molecule has 0 amide bonds. The van der Waals surface area contributed by atoms with Gasteiger partial charge in [-0.25, -0.2) is 0 Å². The van der Waals surface area contributed by atoms with Gasteiger partial charge in [-0.05, 0) is 13.3 Å². The number of carbonyl (C=O) groups is 2. The molecule has 0 saturated carbocycles. The normalized spacial score (nSPS) is 30.1. The third-order valence-electron chi connectivity index (χ3n) is 1.92. The molecule has 1 fully saturated rings. The van der Waals surface area contributed by atoms with Gasteiger partial charge in [-0.1, -0.05) is 0 Å². The molecule has 1 aliphatic rings. The fraction of sp³-hybridized carbons (Fsp3) is 0.714. The molecule has 0 aliphatic carbocycles. The first kappa shape index (κ1) is 8.04. The van der Waals surface area contributed by atoms with Crippen LogP contribution >= 0.6 is 0 Å². The number of hydrogen-bond acceptors (Lipinski definition) is 3. The molecule has 1 rings (SSSR count). The zero-order chi connectivity index (χ0) is 8.48. The molecule has 0 aromatic carbocycles. The van der Waals surface area contributed by atoms with E-state index in [1.807, 2.05) is 0 Å². The van der Waals surface area contributed by atoms with Crippen LogP contribution in [0.15, 0.2) is 0 Å². The van der Waals surface area contributed by atoms with Gasteiger partial charge in [0.15, 0.2) is 0 Å². The molecule has 1 saturated heterocycles. The molecule has 0 aromatic heterocycles. The Morgan fingerprint density at radius 2 is 2.45 bits per heavy atom. The minimum atomic E-state index is -0.952. The fourth-order valence-corrected chi connectivity index (χ4v) is 1.14. The van der Waals surface area contributed by atoms with E-state index in [0.29, 0.717) is 13.0 Å². The molecule has 1 N–H and O–H groups in total. The molecule has 0 radical (unpaired) electrons. The third-order valence-corrected chi connectivity index (χ3v) is 1.92. The van der Waals surface area contributed by atoms with E-state index in [2.05, 4.69) is 4.74 Å². The fourth-order valence-electron chi connectivity index (χ4n) is 1.14. The Labute approximate surface area is 64.2 Å². The van der Waals surface area contributed by atoms with Gasteiger partial charge in [-0.15, -0.1) is 0 Å². The highest BCUT2D eigenvalue weighted by Gasteiger charge is 2.41. The van der Waals surface area contributed by atoms with Crippen molar-refractivity contribution in [2.75, 3.05) is 6.61 Å². The molecule has 4 nitrogen and oxygen atoms in total. The van der Waals surface area contributed by atoms with Crippen molar-refractivity contribution in [2.24, 2.45) is 5.41 Å². The maximum Gasteiger partial charge on any atom is 0.312 e. The van der Waals surface area contributed by atoms with Gasteiger partial charge in [0.2, 0.25) is 0 Å². The SMILES string of the molecule is C[C@]1(CC(=O)O)CCOC1=O. The van der Waals surface area contributed by atoms with Crippen LogP contribution in [-0.4, -0.2) is 23.7 Å². The number of carboxylic acids is 1. The monoisotopic (exact) mass is 158 g/mol. The molecule has 0 bridgehead atoms. The zero-order valence-electron chi connectivity index (χ0n) is 6.29. The average Bonchev–Trinajstić information content (AvgIpc) is 2.11. The largest absolute Gasteiger partial charge is 0.481 e. The second kappa shape index (κ2) is 2.53. The van der Waals surface area contributed by atoms with Crippen LogP contribution in [0.3, 0.4) is 0 Å². The number of ether oxygens (including phenoxy) is 1. The maximum absolute atomic E-state index is 10.9. The molecular weight excluding hydrogens is 148 g/mol. The van der Waals surface area contributed by atoms with Crippen LogP contribution in [0.1, 0.15) is 19.8 Å². The van der Waals surface area contributed by atoms with Gasteiger partial charge >= 0.3 is 11.9 Å². The van der Waals surface area contributed by atoms with Gasteiger partial charge in [0.25, 0.3) is 0 Å². The molecule has 1 aliphatic heterocycles. The molecule has 1 atom stereocenters. The Morgan fingerprint density at radius 3 is 2.82 bits per heavy atom. The van der Waals surface area contributed by atoms with Crippen LogP contribution < -0.4 is 0 Å². The Morgan fingerprint density at radius 1 is 1.82 bits per heavy atom. The molecule has 4 heteroatoms. The lowest BCUT2D eigenvalue weighted by atomic mass is 9.86. The van der Waals surface area contributed by atoms with Crippen molar-refractivity contribution >= 4 is 11.9 Å². The molecule has 11 heavy (non-hydrogen) atoms. The topological polar surface area (TPSA) is 63.6 Å². The van der Waals surface area contributed by atoms with Crippen molar-refractivity contribution in [1.82, 2.24) is 0 Å². The summed E-state index contributed by atoms with van der Waals surface area (Å²) in [6.07, 6.45) is 0.379. The van der Waals surface area contributed by atoms with Crippen LogP contribution in [0.25, 0.3) is 0 Å². The molecule has 0 spiro atoms. The minimum Gasteiger partial charge on any atom is -0.481 e. The first-order valence-corrected chi connectivity index (χ1v) is 3.44. The quantitative estimate of drug-likeness (QED) is 0.591. The third kappa shape index (κ3) is 1.50. The second-order valence-corrected chi connectivity index (χ2v) is 3.02. The molecule has 0 unspecified atom stereocenters. The number of cyclic esters (lactones) is 1. The number of aliphatic carboxylic acids is 1. The Kier molecular flexibility index (Phi) is 1.85. The average molecular weight is 158 g/mol. The van der Waals surface area contributed by atoms with Gasteiger partial charge in [-0.3, -0.25) is 9.59 Å². The Hall–Kier alpha value is -1.06. The first-order chi connectivity index (χ1) is 5.04. The van der Waals surface area contributed by atoms with E-state index >= 15 is 0 Å². The van der Waals surface area contributed by atoms with E-state index in [-0.39, 0.29) is 12.4 Å². The summed E-state index contributed by atoms with van der Waals surface area (Å²) in [6.45, 7) is 1.97. The van der Waals surface area contributed by atoms with Gasteiger partial charge in [0.1, 0.15) is 0 Å². The zero-order valence-corrected chi connectivity index (χ0v) is 6.29.